The molecule has 2 heterocycles. The van der Waals surface area contributed by atoms with Gasteiger partial charge < -0.3 is 9.84 Å². The fourth-order valence-corrected chi connectivity index (χ4v) is 4.25. The second-order valence-corrected chi connectivity index (χ2v) is 9.37. The zero-order chi connectivity index (χ0) is 18.2. The SMILES string of the molecule is CC(Nc1ccc(N2CCCS2(=O)=O)cc1)c1nc(C(C)(C)C)no1. The predicted octanol–water partition coefficient (Wildman–Crippen LogP) is 3.08. The number of benzene rings is 1. The number of nitrogens with zero attached hydrogens (tertiary/aromatic N) is 3. The molecular weight excluding hydrogens is 340 g/mol. The third-order valence-corrected chi connectivity index (χ3v) is 5.99. The largest absolute Gasteiger partial charge is 0.374 e. The number of sulfonamides is 1. The van der Waals surface area contributed by atoms with Gasteiger partial charge in [0.15, 0.2) is 5.82 Å². The van der Waals surface area contributed by atoms with E-state index >= 15 is 0 Å². The fraction of sp³-hybridized carbons (Fsp3) is 0.529. The molecule has 25 heavy (non-hydrogen) atoms. The Morgan fingerprint density at radius 2 is 1.92 bits per heavy atom. The molecule has 0 bridgehead atoms. The summed E-state index contributed by atoms with van der Waals surface area (Å²) in [7, 11) is -3.15. The summed E-state index contributed by atoms with van der Waals surface area (Å²) in [6.07, 6.45) is 0.673. The van der Waals surface area contributed by atoms with Gasteiger partial charge in [0.05, 0.1) is 11.4 Å². The van der Waals surface area contributed by atoms with Crippen LogP contribution >= 0.6 is 0 Å². The van der Waals surface area contributed by atoms with E-state index in [1.165, 1.54) is 4.31 Å². The third kappa shape index (κ3) is 3.78. The highest BCUT2D eigenvalue weighted by Gasteiger charge is 2.28. The van der Waals surface area contributed by atoms with Gasteiger partial charge in [0.1, 0.15) is 6.04 Å². The minimum Gasteiger partial charge on any atom is -0.374 e. The maximum absolute atomic E-state index is 12.0. The van der Waals surface area contributed by atoms with Crippen LogP contribution in [0.3, 0.4) is 0 Å². The summed E-state index contributed by atoms with van der Waals surface area (Å²) in [6.45, 7) is 8.59. The lowest BCUT2D eigenvalue weighted by Gasteiger charge is -2.18. The Hall–Kier alpha value is -2.09. The average Bonchev–Trinajstić information content (AvgIpc) is 3.14. The molecule has 3 rings (SSSR count). The second-order valence-electron chi connectivity index (χ2n) is 7.36. The molecule has 1 aliphatic rings. The first-order chi connectivity index (χ1) is 11.7. The number of nitrogens with one attached hydrogen (secondary N) is 1. The van der Waals surface area contributed by atoms with Gasteiger partial charge in [-0.05, 0) is 37.6 Å². The summed E-state index contributed by atoms with van der Waals surface area (Å²) in [5, 5.41) is 7.33. The lowest BCUT2D eigenvalue weighted by atomic mass is 9.96. The van der Waals surface area contributed by atoms with E-state index in [2.05, 4.69) is 15.5 Å². The number of aromatic nitrogens is 2. The van der Waals surface area contributed by atoms with Gasteiger partial charge in [-0.25, -0.2) is 8.42 Å². The molecular formula is C17H24N4O3S. The maximum atomic E-state index is 12.0. The smallest absolute Gasteiger partial charge is 0.248 e. The van der Waals surface area contributed by atoms with Crippen LogP contribution in [0.25, 0.3) is 0 Å². The van der Waals surface area contributed by atoms with E-state index in [-0.39, 0.29) is 17.2 Å². The van der Waals surface area contributed by atoms with Gasteiger partial charge in [-0.1, -0.05) is 25.9 Å². The molecule has 136 valence electrons. The molecule has 2 aromatic rings. The summed E-state index contributed by atoms with van der Waals surface area (Å²) in [6, 6.07) is 7.20. The highest BCUT2D eigenvalue weighted by Crippen LogP contribution is 2.27. The van der Waals surface area contributed by atoms with E-state index in [0.29, 0.717) is 30.4 Å². The van der Waals surface area contributed by atoms with Crippen LogP contribution in [0.2, 0.25) is 0 Å². The molecule has 1 aromatic carbocycles. The van der Waals surface area contributed by atoms with Crippen molar-refractivity contribution in [3.8, 4) is 0 Å². The first-order valence-corrected chi connectivity index (χ1v) is 9.99. The average molecular weight is 364 g/mol. The normalized spacial score (nSPS) is 18.3. The summed E-state index contributed by atoms with van der Waals surface area (Å²) >= 11 is 0. The van der Waals surface area contributed by atoms with E-state index in [0.717, 1.165) is 5.69 Å². The van der Waals surface area contributed by atoms with Crippen molar-refractivity contribution in [2.75, 3.05) is 21.9 Å². The monoisotopic (exact) mass is 364 g/mol. The zero-order valence-corrected chi connectivity index (χ0v) is 15.8. The van der Waals surface area contributed by atoms with Gasteiger partial charge in [0, 0.05) is 17.6 Å². The molecule has 1 saturated heterocycles. The van der Waals surface area contributed by atoms with Crippen LogP contribution in [0.15, 0.2) is 28.8 Å². The quantitative estimate of drug-likeness (QED) is 0.897. The first kappa shape index (κ1) is 17.7. The van der Waals surface area contributed by atoms with Crippen molar-refractivity contribution in [3.05, 3.63) is 36.0 Å². The van der Waals surface area contributed by atoms with Gasteiger partial charge in [-0.2, -0.15) is 4.98 Å². The van der Waals surface area contributed by atoms with Gasteiger partial charge in [0.25, 0.3) is 0 Å². The van der Waals surface area contributed by atoms with Crippen molar-refractivity contribution < 1.29 is 12.9 Å². The van der Waals surface area contributed by atoms with Crippen molar-refractivity contribution in [1.29, 1.82) is 0 Å². The number of hydrogen-bond donors (Lipinski definition) is 1. The molecule has 1 unspecified atom stereocenters. The summed E-state index contributed by atoms with van der Waals surface area (Å²) in [5.74, 6) is 1.42. The molecule has 8 heteroatoms. The predicted molar refractivity (Wildman–Crippen MR) is 97.2 cm³/mol. The van der Waals surface area contributed by atoms with Gasteiger partial charge in [0.2, 0.25) is 15.9 Å². The summed E-state index contributed by atoms with van der Waals surface area (Å²) in [5.41, 5.74) is 1.40. The number of rotatable bonds is 4. The minimum atomic E-state index is -3.15. The Balaban J connectivity index is 1.70. The van der Waals surface area contributed by atoms with E-state index in [1.807, 2.05) is 52.0 Å². The van der Waals surface area contributed by atoms with E-state index in [9.17, 15) is 8.42 Å². The van der Waals surface area contributed by atoms with E-state index < -0.39 is 10.0 Å². The van der Waals surface area contributed by atoms with Crippen LogP contribution in [0, 0.1) is 0 Å². The van der Waals surface area contributed by atoms with Crippen molar-refractivity contribution in [1.82, 2.24) is 10.1 Å². The molecule has 1 fully saturated rings. The van der Waals surface area contributed by atoms with Crippen molar-refractivity contribution in [3.63, 3.8) is 0 Å². The Kier molecular flexibility index (Phi) is 4.49. The molecule has 1 aromatic heterocycles. The summed E-state index contributed by atoms with van der Waals surface area (Å²) < 4.78 is 30.8. The third-order valence-electron chi connectivity index (χ3n) is 4.12. The fourth-order valence-electron chi connectivity index (χ4n) is 2.68. The lowest BCUT2D eigenvalue weighted by Crippen LogP contribution is -2.24. The molecule has 1 aliphatic heterocycles. The second kappa shape index (κ2) is 6.33. The molecule has 0 amide bonds. The van der Waals surface area contributed by atoms with E-state index in [1.54, 1.807) is 0 Å². The molecule has 0 spiro atoms. The van der Waals surface area contributed by atoms with E-state index in [4.69, 9.17) is 4.52 Å². The highest BCUT2D eigenvalue weighted by molar-refractivity contribution is 7.93. The van der Waals surface area contributed by atoms with Crippen molar-refractivity contribution in [2.45, 2.75) is 45.6 Å². The van der Waals surface area contributed by atoms with Crippen LogP contribution < -0.4 is 9.62 Å². The Bertz CT molecular complexity index is 838. The Morgan fingerprint density at radius 3 is 2.44 bits per heavy atom. The lowest BCUT2D eigenvalue weighted by molar-refractivity contribution is 0.354. The summed E-state index contributed by atoms with van der Waals surface area (Å²) in [4.78, 5) is 4.45. The Labute approximate surface area is 148 Å². The zero-order valence-electron chi connectivity index (χ0n) is 15.0. The van der Waals surface area contributed by atoms with Crippen LogP contribution in [0.4, 0.5) is 11.4 Å². The highest BCUT2D eigenvalue weighted by atomic mass is 32.2. The van der Waals surface area contributed by atoms with Gasteiger partial charge in [-0.15, -0.1) is 0 Å². The molecule has 1 N–H and O–H groups in total. The maximum Gasteiger partial charge on any atom is 0.248 e. The topological polar surface area (TPSA) is 88.3 Å². The van der Waals surface area contributed by atoms with Gasteiger partial charge >= 0.3 is 0 Å². The molecule has 0 saturated carbocycles. The Morgan fingerprint density at radius 1 is 1.24 bits per heavy atom. The molecule has 7 nitrogen and oxygen atoms in total. The standard InChI is InChI=1S/C17H24N4O3S/c1-12(15-19-16(20-24-15)17(2,3)4)18-13-6-8-14(9-7-13)21-10-5-11-25(21,22)23/h6-9,12,18H,5,10-11H2,1-4H3. The molecule has 1 atom stereocenters. The molecule has 0 radical (unpaired) electrons. The van der Waals surface area contributed by atoms with Crippen LogP contribution in [0.5, 0.6) is 0 Å². The number of hydrogen-bond acceptors (Lipinski definition) is 6. The van der Waals surface area contributed by atoms with Crippen molar-refractivity contribution in [2.24, 2.45) is 0 Å². The molecule has 0 aliphatic carbocycles. The minimum absolute atomic E-state index is 0.148. The van der Waals surface area contributed by atoms with Crippen LogP contribution in [-0.2, 0) is 15.4 Å². The van der Waals surface area contributed by atoms with Crippen molar-refractivity contribution >= 4 is 21.4 Å². The van der Waals surface area contributed by atoms with Crippen LogP contribution in [-0.4, -0.2) is 30.9 Å². The first-order valence-electron chi connectivity index (χ1n) is 8.38. The van der Waals surface area contributed by atoms with Gasteiger partial charge in [-0.3, -0.25) is 4.31 Å². The number of anilines is 2. The van der Waals surface area contributed by atoms with Crippen LogP contribution in [0.1, 0.15) is 51.9 Å².